The first-order valence-corrected chi connectivity index (χ1v) is 13.5. The van der Waals surface area contributed by atoms with Crippen LogP contribution < -0.4 is 4.74 Å². The first-order valence-electron chi connectivity index (χ1n) is 12.3. The maximum atomic E-state index is 12.2. The first kappa shape index (κ1) is 27.1. The van der Waals surface area contributed by atoms with Gasteiger partial charge in [0.25, 0.3) is 0 Å². The third-order valence-corrected chi connectivity index (χ3v) is 7.59. The summed E-state index contributed by atoms with van der Waals surface area (Å²) < 4.78 is 8.31. The molecule has 194 valence electrons. The van der Waals surface area contributed by atoms with Gasteiger partial charge in [-0.05, 0) is 55.8 Å². The topological polar surface area (TPSA) is 64.3 Å². The summed E-state index contributed by atoms with van der Waals surface area (Å²) in [4.78, 5) is 17.4. The number of carboxylic acids is 1. The number of fused-ring (bicyclic) bond motifs is 1. The van der Waals surface area contributed by atoms with E-state index >= 15 is 0 Å². The lowest BCUT2D eigenvalue weighted by Crippen LogP contribution is -2.28. The van der Waals surface area contributed by atoms with Gasteiger partial charge in [0, 0.05) is 62.2 Å². The van der Waals surface area contributed by atoms with E-state index < -0.39 is 11.4 Å². The summed E-state index contributed by atoms with van der Waals surface area (Å²) in [6.45, 7) is 11.1. The van der Waals surface area contributed by atoms with Crippen molar-refractivity contribution >= 4 is 40.2 Å². The molecule has 0 spiro atoms. The molecule has 0 unspecified atom stereocenters. The van der Waals surface area contributed by atoms with E-state index in [4.69, 9.17) is 16.3 Å². The Morgan fingerprint density at radius 1 is 1.05 bits per heavy atom. The highest BCUT2D eigenvalue weighted by atomic mass is 35.5. The van der Waals surface area contributed by atoms with E-state index in [9.17, 15) is 9.90 Å². The van der Waals surface area contributed by atoms with Crippen molar-refractivity contribution in [3.05, 3.63) is 88.8 Å². The second kappa shape index (κ2) is 10.8. The highest BCUT2D eigenvalue weighted by Gasteiger charge is 2.32. The Kier molecular flexibility index (Phi) is 7.91. The minimum absolute atomic E-state index is 0.0753. The fraction of sp³-hybridized carbons (Fsp3) is 0.333. The van der Waals surface area contributed by atoms with Crippen LogP contribution in [0.5, 0.6) is 5.75 Å². The van der Waals surface area contributed by atoms with Gasteiger partial charge in [0.1, 0.15) is 12.4 Å². The van der Waals surface area contributed by atoms with Gasteiger partial charge >= 0.3 is 5.97 Å². The van der Waals surface area contributed by atoms with Crippen LogP contribution in [0.2, 0.25) is 5.02 Å². The van der Waals surface area contributed by atoms with E-state index in [1.165, 1.54) is 0 Å². The van der Waals surface area contributed by atoms with Gasteiger partial charge in [-0.15, -0.1) is 11.8 Å². The van der Waals surface area contributed by atoms with E-state index in [1.54, 1.807) is 38.0 Å². The minimum atomic E-state index is -0.932. The van der Waals surface area contributed by atoms with E-state index in [-0.39, 0.29) is 4.75 Å². The molecule has 0 fully saturated rings. The molecule has 0 atom stereocenters. The Morgan fingerprint density at radius 3 is 2.41 bits per heavy atom. The number of benzene rings is 2. The number of pyridine rings is 1. The summed E-state index contributed by atoms with van der Waals surface area (Å²) in [6, 6.07) is 17.8. The zero-order valence-electron chi connectivity index (χ0n) is 21.9. The molecule has 4 aromatic rings. The fourth-order valence-corrected chi connectivity index (χ4v) is 5.45. The lowest BCUT2D eigenvalue weighted by molar-refractivity contribution is -0.146. The van der Waals surface area contributed by atoms with Gasteiger partial charge in [-0.1, -0.05) is 50.6 Å². The molecule has 0 aliphatic heterocycles. The predicted molar refractivity (Wildman–Crippen MR) is 152 cm³/mol. The Morgan fingerprint density at radius 2 is 1.78 bits per heavy atom. The van der Waals surface area contributed by atoms with Crippen LogP contribution in [0.3, 0.4) is 0 Å². The summed E-state index contributed by atoms with van der Waals surface area (Å²) >= 11 is 7.90. The van der Waals surface area contributed by atoms with Crippen LogP contribution in [-0.4, -0.2) is 25.4 Å². The molecule has 0 saturated heterocycles. The number of hydrogen-bond donors (Lipinski definition) is 1. The molecule has 2 aromatic carbocycles. The lowest BCUT2D eigenvalue weighted by Gasteiger charge is -2.24. The average molecular weight is 537 g/mol. The molecule has 7 heteroatoms. The van der Waals surface area contributed by atoms with Crippen LogP contribution in [0.25, 0.3) is 10.9 Å². The fourth-order valence-electron chi connectivity index (χ4n) is 4.14. The quantitative estimate of drug-likeness (QED) is 0.220. The monoisotopic (exact) mass is 536 g/mol. The summed E-state index contributed by atoms with van der Waals surface area (Å²) in [5, 5.41) is 11.7. The van der Waals surface area contributed by atoms with Crippen LogP contribution >= 0.6 is 23.4 Å². The summed E-state index contributed by atoms with van der Waals surface area (Å²) in [5.74, 6) is -0.0530. The SMILES string of the molecule is CC(C)(C)Sc1c(CC(C)(C)C(=O)O)n(Cc2ccc(Cl)cc2)c2ccc(OCc3cccnc3)cc12. The maximum Gasteiger partial charge on any atom is 0.309 e. The number of nitrogens with zero attached hydrogens (tertiary/aromatic N) is 2. The minimum Gasteiger partial charge on any atom is -0.489 e. The van der Waals surface area contributed by atoms with Gasteiger partial charge in [-0.25, -0.2) is 0 Å². The number of carbonyl (C=O) groups is 1. The molecule has 5 nitrogen and oxygen atoms in total. The number of rotatable bonds is 9. The van der Waals surface area contributed by atoms with E-state index in [2.05, 4.69) is 42.5 Å². The number of ether oxygens (including phenoxy) is 1. The van der Waals surface area contributed by atoms with Gasteiger partial charge in [0.05, 0.1) is 5.41 Å². The Labute approximate surface area is 227 Å². The van der Waals surface area contributed by atoms with Gasteiger partial charge in [-0.2, -0.15) is 0 Å². The highest BCUT2D eigenvalue weighted by molar-refractivity contribution is 8.00. The molecule has 0 bridgehead atoms. The second-order valence-electron chi connectivity index (χ2n) is 10.9. The van der Waals surface area contributed by atoms with Crippen molar-refractivity contribution in [1.82, 2.24) is 9.55 Å². The lowest BCUT2D eigenvalue weighted by atomic mass is 9.88. The Bertz CT molecular complexity index is 1390. The number of thioether (sulfide) groups is 1. The van der Waals surface area contributed by atoms with Crippen molar-refractivity contribution < 1.29 is 14.6 Å². The van der Waals surface area contributed by atoms with E-state index in [0.717, 1.165) is 38.4 Å². The number of halogens is 1. The van der Waals surface area contributed by atoms with Crippen molar-refractivity contribution in [3.63, 3.8) is 0 Å². The van der Waals surface area contributed by atoms with Crippen molar-refractivity contribution in [2.24, 2.45) is 5.41 Å². The molecule has 1 N–H and O–H groups in total. The van der Waals surface area contributed by atoms with Crippen molar-refractivity contribution in [2.45, 2.75) is 63.8 Å². The third-order valence-electron chi connectivity index (χ3n) is 6.07. The van der Waals surface area contributed by atoms with Gasteiger partial charge < -0.3 is 14.4 Å². The van der Waals surface area contributed by atoms with Crippen LogP contribution in [0.15, 0.2) is 71.9 Å². The van der Waals surface area contributed by atoms with Crippen molar-refractivity contribution in [2.75, 3.05) is 0 Å². The standard InChI is InChI=1S/C30H33ClN2O3S/c1-29(2,3)37-27-24-15-23(36-19-21-7-6-14-32-17-21)12-13-25(24)33(18-20-8-10-22(31)11-9-20)26(27)16-30(4,5)28(34)35/h6-15,17H,16,18-19H2,1-5H3,(H,34,35). The smallest absolute Gasteiger partial charge is 0.309 e. The van der Waals surface area contributed by atoms with Crippen LogP contribution in [0, 0.1) is 5.41 Å². The predicted octanol–water partition coefficient (Wildman–Crippen LogP) is 7.86. The van der Waals surface area contributed by atoms with Crippen molar-refractivity contribution in [3.8, 4) is 5.75 Å². The number of aliphatic carboxylic acids is 1. The Balaban J connectivity index is 1.85. The van der Waals surface area contributed by atoms with Gasteiger partial charge in [0.2, 0.25) is 0 Å². The second-order valence-corrected chi connectivity index (χ2v) is 13.2. The van der Waals surface area contributed by atoms with Crippen LogP contribution in [-0.2, 0) is 24.4 Å². The normalized spacial score (nSPS) is 12.2. The molecule has 2 aromatic heterocycles. The molecule has 37 heavy (non-hydrogen) atoms. The van der Waals surface area contributed by atoms with Gasteiger partial charge in [0.15, 0.2) is 0 Å². The molecular weight excluding hydrogens is 504 g/mol. The first-order chi connectivity index (χ1) is 17.4. The molecule has 0 aliphatic carbocycles. The van der Waals surface area contributed by atoms with Crippen molar-refractivity contribution in [1.29, 1.82) is 0 Å². The molecular formula is C30H33ClN2O3S. The summed E-state index contributed by atoms with van der Waals surface area (Å²) in [5.41, 5.74) is 3.23. The van der Waals surface area contributed by atoms with Crippen LogP contribution in [0.1, 0.15) is 51.4 Å². The van der Waals surface area contributed by atoms with Gasteiger partial charge in [-0.3, -0.25) is 9.78 Å². The highest BCUT2D eigenvalue weighted by Crippen LogP contribution is 2.44. The maximum absolute atomic E-state index is 12.2. The largest absolute Gasteiger partial charge is 0.489 e. The summed E-state index contributed by atoms with van der Waals surface area (Å²) in [7, 11) is 0. The molecule has 4 rings (SSSR count). The number of aromatic nitrogens is 2. The van der Waals surface area contributed by atoms with E-state index in [1.807, 2.05) is 42.5 Å². The third kappa shape index (κ3) is 6.68. The molecule has 0 aliphatic rings. The number of carboxylic acid groups (broad SMARTS) is 1. The molecule has 0 amide bonds. The molecule has 2 heterocycles. The molecule has 0 radical (unpaired) electrons. The molecule has 0 saturated carbocycles. The Hall–Kier alpha value is -2.96. The zero-order valence-corrected chi connectivity index (χ0v) is 23.5. The van der Waals surface area contributed by atoms with E-state index in [0.29, 0.717) is 24.6 Å². The average Bonchev–Trinajstić information content (AvgIpc) is 3.09. The zero-order chi connectivity index (χ0) is 26.8. The summed E-state index contributed by atoms with van der Waals surface area (Å²) in [6.07, 6.45) is 3.94. The number of hydrogen-bond acceptors (Lipinski definition) is 4. The van der Waals surface area contributed by atoms with Crippen LogP contribution in [0.4, 0.5) is 0 Å².